The van der Waals surface area contributed by atoms with E-state index in [1.807, 2.05) is 4.90 Å². The summed E-state index contributed by atoms with van der Waals surface area (Å²) in [6.07, 6.45) is 0.883. The minimum atomic E-state index is -0.747. The lowest BCUT2D eigenvalue weighted by molar-refractivity contribution is -0.137. The van der Waals surface area contributed by atoms with Crippen LogP contribution in [0.4, 0.5) is 0 Å². The monoisotopic (exact) mass is 195 g/mol. The van der Waals surface area contributed by atoms with Crippen LogP contribution in [0.15, 0.2) is 0 Å². The van der Waals surface area contributed by atoms with Crippen LogP contribution in [-0.2, 0) is 4.79 Å². The van der Waals surface area contributed by atoms with Crippen molar-refractivity contribution in [3.8, 4) is 0 Å². The van der Waals surface area contributed by atoms with Crippen molar-refractivity contribution in [3.63, 3.8) is 0 Å². The first-order chi connectivity index (χ1) is 5.20. The average molecular weight is 195 g/mol. The van der Waals surface area contributed by atoms with Gasteiger partial charge in [-0.25, -0.2) is 0 Å². The number of carboxylic acid groups (broad SMARTS) is 1. The van der Waals surface area contributed by atoms with E-state index in [2.05, 4.69) is 25.3 Å². The highest BCUT2D eigenvalue weighted by atomic mass is 32.1. The molecular weight excluding hydrogens is 182 g/mol. The Balaban J connectivity index is 3.28. The van der Waals surface area contributed by atoms with Crippen molar-refractivity contribution < 1.29 is 9.90 Å². The molecule has 0 aromatic heterocycles. The highest BCUT2D eigenvalue weighted by molar-refractivity contribution is 7.81. The molecule has 0 saturated heterocycles. The fourth-order valence-electron chi connectivity index (χ4n) is 0.640. The molecule has 0 aromatic rings. The first-order valence-corrected chi connectivity index (χ1v) is 4.63. The van der Waals surface area contributed by atoms with Crippen LogP contribution in [0.25, 0.3) is 0 Å². The summed E-state index contributed by atoms with van der Waals surface area (Å²) in [6, 6.07) is 0. The Hall–Kier alpha value is 0.130. The van der Waals surface area contributed by atoms with E-state index in [0.29, 0.717) is 18.2 Å². The van der Waals surface area contributed by atoms with Gasteiger partial charge in [0.25, 0.3) is 0 Å². The molecule has 0 aliphatic heterocycles. The van der Waals surface area contributed by atoms with Crippen LogP contribution in [0.3, 0.4) is 0 Å². The molecule has 0 aliphatic rings. The summed E-state index contributed by atoms with van der Waals surface area (Å²) in [5, 5.41) is 8.32. The van der Waals surface area contributed by atoms with Crippen LogP contribution >= 0.6 is 25.3 Å². The Morgan fingerprint density at radius 1 is 1.36 bits per heavy atom. The number of hydrogen-bond donors (Lipinski definition) is 3. The number of aliphatic carboxylic acids is 1. The van der Waals surface area contributed by atoms with Gasteiger partial charge in [0.15, 0.2) is 0 Å². The van der Waals surface area contributed by atoms with Crippen molar-refractivity contribution in [1.29, 1.82) is 0 Å². The lowest BCUT2D eigenvalue weighted by Gasteiger charge is -2.15. The maximum absolute atomic E-state index is 10.1. The lowest BCUT2D eigenvalue weighted by Crippen LogP contribution is -2.22. The maximum Gasteiger partial charge on any atom is 0.303 e. The SMILES string of the molecule is O=C(O)CCCN(CS)CS. The largest absolute Gasteiger partial charge is 0.481 e. The highest BCUT2D eigenvalue weighted by Gasteiger charge is 2.01. The van der Waals surface area contributed by atoms with Gasteiger partial charge in [0.2, 0.25) is 0 Å². The van der Waals surface area contributed by atoms with E-state index in [1.54, 1.807) is 0 Å². The molecule has 0 aromatic carbocycles. The second-order valence-corrected chi connectivity index (χ2v) is 2.74. The molecular formula is C6H13NO2S2. The summed E-state index contributed by atoms with van der Waals surface area (Å²) >= 11 is 8.10. The third kappa shape index (κ3) is 6.52. The molecule has 0 aliphatic carbocycles. The van der Waals surface area contributed by atoms with Gasteiger partial charge in [-0.3, -0.25) is 9.69 Å². The molecule has 66 valence electrons. The molecule has 11 heavy (non-hydrogen) atoms. The van der Waals surface area contributed by atoms with Crippen molar-refractivity contribution in [2.24, 2.45) is 0 Å². The quantitative estimate of drug-likeness (QED) is 0.436. The molecule has 0 bridgehead atoms. The third-order valence-electron chi connectivity index (χ3n) is 1.26. The molecule has 3 nitrogen and oxygen atoms in total. The minimum absolute atomic E-state index is 0.220. The molecule has 0 spiro atoms. The molecule has 5 heteroatoms. The third-order valence-corrected chi connectivity index (χ3v) is 2.06. The molecule has 0 rings (SSSR count). The Morgan fingerprint density at radius 2 is 1.91 bits per heavy atom. The molecule has 0 unspecified atom stereocenters. The Labute approximate surface area is 77.6 Å². The molecule has 0 saturated carbocycles. The summed E-state index contributed by atoms with van der Waals surface area (Å²) in [6.45, 7) is 0.749. The Bertz CT molecular complexity index is 117. The van der Waals surface area contributed by atoms with E-state index >= 15 is 0 Å². The summed E-state index contributed by atoms with van der Waals surface area (Å²) in [4.78, 5) is 12.1. The first-order valence-electron chi connectivity index (χ1n) is 3.36. The molecule has 0 fully saturated rings. The van der Waals surface area contributed by atoms with Crippen LogP contribution in [0.5, 0.6) is 0 Å². The number of hydrogen-bond acceptors (Lipinski definition) is 4. The second-order valence-electron chi connectivity index (χ2n) is 2.17. The van der Waals surface area contributed by atoms with Crippen molar-refractivity contribution in [3.05, 3.63) is 0 Å². The number of carboxylic acids is 1. The van der Waals surface area contributed by atoms with Crippen molar-refractivity contribution >= 4 is 31.2 Å². The predicted molar refractivity (Wildman–Crippen MR) is 51.3 cm³/mol. The van der Waals surface area contributed by atoms with Gasteiger partial charge in [-0.05, 0) is 6.42 Å². The summed E-state index contributed by atoms with van der Waals surface area (Å²) < 4.78 is 0. The molecule has 0 amide bonds. The number of rotatable bonds is 6. The van der Waals surface area contributed by atoms with Crippen LogP contribution < -0.4 is 0 Å². The molecule has 0 radical (unpaired) electrons. The van der Waals surface area contributed by atoms with Gasteiger partial charge < -0.3 is 5.11 Å². The van der Waals surface area contributed by atoms with Crippen LogP contribution in [0.2, 0.25) is 0 Å². The predicted octanol–water partition coefficient (Wildman–Crippen LogP) is 0.928. The van der Waals surface area contributed by atoms with Crippen molar-refractivity contribution in [1.82, 2.24) is 4.90 Å². The van der Waals surface area contributed by atoms with Gasteiger partial charge in [0, 0.05) is 24.7 Å². The summed E-state index contributed by atoms with van der Waals surface area (Å²) in [5.74, 6) is 0.509. The van der Waals surface area contributed by atoms with E-state index in [0.717, 1.165) is 6.54 Å². The zero-order valence-electron chi connectivity index (χ0n) is 6.23. The lowest BCUT2D eigenvalue weighted by atomic mass is 10.3. The van der Waals surface area contributed by atoms with E-state index < -0.39 is 5.97 Å². The normalized spacial score (nSPS) is 10.5. The fourth-order valence-corrected chi connectivity index (χ4v) is 1.28. The number of nitrogens with zero attached hydrogens (tertiary/aromatic N) is 1. The van der Waals surface area contributed by atoms with E-state index in [9.17, 15) is 4.79 Å². The first kappa shape index (κ1) is 11.1. The molecule has 0 heterocycles. The number of thiol groups is 2. The van der Waals surface area contributed by atoms with E-state index in [-0.39, 0.29) is 6.42 Å². The van der Waals surface area contributed by atoms with E-state index in [4.69, 9.17) is 5.11 Å². The van der Waals surface area contributed by atoms with Gasteiger partial charge >= 0.3 is 5.97 Å². The van der Waals surface area contributed by atoms with E-state index in [1.165, 1.54) is 0 Å². The minimum Gasteiger partial charge on any atom is -0.481 e. The molecule has 0 atom stereocenters. The summed E-state index contributed by atoms with van der Waals surface area (Å²) in [7, 11) is 0. The summed E-state index contributed by atoms with van der Waals surface area (Å²) in [5.41, 5.74) is 0. The smallest absolute Gasteiger partial charge is 0.303 e. The maximum atomic E-state index is 10.1. The average Bonchev–Trinajstić information content (AvgIpc) is 1.98. The zero-order valence-corrected chi connectivity index (χ0v) is 8.02. The van der Waals surface area contributed by atoms with Gasteiger partial charge in [-0.15, -0.1) is 0 Å². The van der Waals surface area contributed by atoms with Crippen molar-refractivity contribution in [2.45, 2.75) is 12.8 Å². The highest BCUT2D eigenvalue weighted by Crippen LogP contribution is 1.97. The van der Waals surface area contributed by atoms with Crippen LogP contribution in [0, 0.1) is 0 Å². The standard InChI is InChI=1S/C6H13NO2S2/c8-6(9)2-1-3-7(4-10)5-11/h10-11H,1-5H2,(H,8,9). The van der Waals surface area contributed by atoms with Crippen molar-refractivity contribution in [2.75, 3.05) is 18.3 Å². The van der Waals surface area contributed by atoms with Gasteiger partial charge in [-0.2, -0.15) is 25.3 Å². The number of carbonyl (C=O) groups is 1. The Kier molecular flexibility index (Phi) is 6.90. The van der Waals surface area contributed by atoms with Crippen LogP contribution in [-0.4, -0.2) is 34.3 Å². The molecule has 1 N–H and O–H groups in total. The van der Waals surface area contributed by atoms with Gasteiger partial charge in [0.05, 0.1) is 0 Å². The van der Waals surface area contributed by atoms with Gasteiger partial charge in [-0.1, -0.05) is 0 Å². The Morgan fingerprint density at radius 3 is 2.27 bits per heavy atom. The van der Waals surface area contributed by atoms with Crippen LogP contribution in [0.1, 0.15) is 12.8 Å². The van der Waals surface area contributed by atoms with Gasteiger partial charge in [0.1, 0.15) is 0 Å². The fraction of sp³-hybridized carbons (Fsp3) is 0.833. The topological polar surface area (TPSA) is 40.5 Å². The second kappa shape index (κ2) is 6.82. The zero-order chi connectivity index (χ0) is 8.69.